The molecule has 3 rings (SSSR count). The second-order valence-electron chi connectivity index (χ2n) is 5.89. The summed E-state index contributed by atoms with van der Waals surface area (Å²) < 4.78 is 5.67. The largest absolute Gasteiger partial charge is 0.377 e. The van der Waals surface area contributed by atoms with Crippen LogP contribution in [-0.4, -0.2) is 61.1 Å². The normalized spacial score (nSPS) is 23.0. The van der Waals surface area contributed by atoms with E-state index in [-0.39, 0.29) is 5.91 Å². The maximum absolute atomic E-state index is 12.5. The Kier molecular flexibility index (Phi) is 5.24. The smallest absolute Gasteiger partial charge is 0.254 e. The van der Waals surface area contributed by atoms with E-state index in [1.165, 1.54) is 6.42 Å². The fourth-order valence-electron chi connectivity index (χ4n) is 3.07. The van der Waals surface area contributed by atoms with E-state index in [0.717, 1.165) is 45.8 Å². The lowest BCUT2D eigenvalue weighted by atomic mass is 10.1. The van der Waals surface area contributed by atoms with Crippen LogP contribution in [0.5, 0.6) is 0 Å². The van der Waals surface area contributed by atoms with Gasteiger partial charge in [0, 0.05) is 54.9 Å². The second-order valence-corrected chi connectivity index (χ2v) is 6.76. The first-order valence-corrected chi connectivity index (χ1v) is 8.47. The minimum atomic E-state index is 0.00108. The Balaban J connectivity index is 1.55. The number of halogens is 2. The predicted octanol–water partition coefficient (Wildman–Crippen LogP) is 2.93. The van der Waals surface area contributed by atoms with Crippen molar-refractivity contribution in [2.75, 3.05) is 39.3 Å². The summed E-state index contributed by atoms with van der Waals surface area (Å²) in [4.78, 5) is 16.8. The van der Waals surface area contributed by atoms with E-state index >= 15 is 0 Å². The molecule has 0 bridgehead atoms. The van der Waals surface area contributed by atoms with Crippen LogP contribution in [0.25, 0.3) is 0 Å². The van der Waals surface area contributed by atoms with Gasteiger partial charge in [-0.05, 0) is 31.0 Å². The molecule has 1 unspecified atom stereocenters. The first-order valence-electron chi connectivity index (χ1n) is 7.71. The van der Waals surface area contributed by atoms with Gasteiger partial charge < -0.3 is 9.64 Å². The number of ether oxygens (including phenoxy) is 1. The highest BCUT2D eigenvalue weighted by molar-refractivity contribution is 6.35. The molecule has 0 spiro atoms. The van der Waals surface area contributed by atoms with Gasteiger partial charge in [0.15, 0.2) is 0 Å². The summed E-state index contributed by atoms with van der Waals surface area (Å²) in [6.45, 7) is 5.11. The Morgan fingerprint density at radius 3 is 2.41 bits per heavy atom. The van der Waals surface area contributed by atoms with Crippen LogP contribution in [0.3, 0.4) is 0 Å². The van der Waals surface area contributed by atoms with Gasteiger partial charge >= 0.3 is 0 Å². The molecule has 2 heterocycles. The van der Waals surface area contributed by atoms with Crippen molar-refractivity contribution in [1.29, 1.82) is 0 Å². The average Bonchev–Trinajstić information content (AvgIpc) is 2.99. The van der Waals surface area contributed by atoms with Gasteiger partial charge in [0.05, 0.1) is 6.10 Å². The topological polar surface area (TPSA) is 32.8 Å². The number of hydrogen-bond acceptors (Lipinski definition) is 3. The Morgan fingerprint density at radius 2 is 1.82 bits per heavy atom. The highest BCUT2D eigenvalue weighted by Gasteiger charge is 2.25. The molecule has 2 saturated heterocycles. The van der Waals surface area contributed by atoms with Crippen LogP contribution in [0.2, 0.25) is 10.0 Å². The summed E-state index contributed by atoms with van der Waals surface area (Å²) in [7, 11) is 0. The molecular formula is C16H20Cl2N2O2. The van der Waals surface area contributed by atoms with Gasteiger partial charge in [0.2, 0.25) is 0 Å². The van der Waals surface area contributed by atoms with Gasteiger partial charge in [0.25, 0.3) is 5.91 Å². The van der Waals surface area contributed by atoms with Crippen molar-refractivity contribution >= 4 is 29.1 Å². The molecule has 0 aliphatic carbocycles. The molecule has 2 aliphatic rings. The summed E-state index contributed by atoms with van der Waals surface area (Å²) >= 11 is 11.9. The Hall–Kier alpha value is -0.810. The number of carbonyl (C=O) groups is 1. The van der Waals surface area contributed by atoms with Crippen LogP contribution in [0.1, 0.15) is 23.2 Å². The van der Waals surface area contributed by atoms with Gasteiger partial charge in [-0.15, -0.1) is 0 Å². The molecule has 2 fully saturated rings. The quantitative estimate of drug-likeness (QED) is 0.846. The molecule has 120 valence electrons. The minimum absolute atomic E-state index is 0.00108. The van der Waals surface area contributed by atoms with Crippen molar-refractivity contribution in [2.24, 2.45) is 0 Å². The van der Waals surface area contributed by atoms with Crippen LogP contribution in [0.15, 0.2) is 18.2 Å². The number of benzene rings is 1. The lowest BCUT2D eigenvalue weighted by molar-refractivity contribution is 0.0433. The first kappa shape index (κ1) is 16.1. The van der Waals surface area contributed by atoms with E-state index in [0.29, 0.717) is 21.7 Å². The Bertz CT molecular complexity index is 519. The molecule has 0 radical (unpaired) electrons. The minimum Gasteiger partial charge on any atom is -0.377 e. The van der Waals surface area contributed by atoms with E-state index in [1.807, 2.05) is 4.90 Å². The summed E-state index contributed by atoms with van der Waals surface area (Å²) in [6, 6.07) is 4.99. The molecule has 1 atom stereocenters. The number of hydrogen-bond donors (Lipinski definition) is 0. The third kappa shape index (κ3) is 3.93. The summed E-state index contributed by atoms with van der Waals surface area (Å²) in [5, 5.41) is 0.987. The third-order valence-corrected chi connectivity index (χ3v) is 4.69. The lowest BCUT2D eigenvalue weighted by Crippen LogP contribution is -2.50. The van der Waals surface area contributed by atoms with Crippen LogP contribution in [0, 0.1) is 0 Å². The highest BCUT2D eigenvalue weighted by atomic mass is 35.5. The van der Waals surface area contributed by atoms with Crippen LogP contribution >= 0.6 is 23.2 Å². The fourth-order valence-corrected chi connectivity index (χ4v) is 3.60. The number of amides is 1. The maximum Gasteiger partial charge on any atom is 0.254 e. The lowest BCUT2D eigenvalue weighted by Gasteiger charge is -2.35. The molecule has 6 heteroatoms. The number of nitrogens with zero attached hydrogens (tertiary/aromatic N) is 2. The molecule has 0 aromatic heterocycles. The number of piperazine rings is 1. The van der Waals surface area contributed by atoms with Crippen LogP contribution in [-0.2, 0) is 4.74 Å². The van der Waals surface area contributed by atoms with Crippen molar-refractivity contribution in [3.63, 3.8) is 0 Å². The first-order chi connectivity index (χ1) is 10.6. The van der Waals surface area contributed by atoms with Crippen molar-refractivity contribution in [3.05, 3.63) is 33.8 Å². The summed E-state index contributed by atoms with van der Waals surface area (Å²) in [5.74, 6) is 0.00108. The van der Waals surface area contributed by atoms with Gasteiger partial charge in [0.1, 0.15) is 0 Å². The zero-order valence-electron chi connectivity index (χ0n) is 12.4. The highest BCUT2D eigenvalue weighted by Crippen LogP contribution is 2.21. The summed E-state index contributed by atoms with van der Waals surface area (Å²) in [5.41, 5.74) is 0.560. The Morgan fingerprint density at radius 1 is 1.14 bits per heavy atom. The van der Waals surface area contributed by atoms with Gasteiger partial charge in [-0.2, -0.15) is 0 Å². The van der Waals surface area contributed by atoms with Gasteiger partial charge in [-0.1, -0.05) is 23.2 Å². The molecule has 0 saturated carbocycles. The fraction of sp³-hybridized carbons (Fsp3) is 0.562. The second kappa shape index (κ2) is 7.18. The summed E-state index contributed by atoms with van der Waals surface area (Å²) in [6.07, 6.45) is 2.69. The van der Waals surface area contributed by atoms with E-state index in [1.54, 1.807) is 18.2 Å². The zero-order chi connectivity index (χ0) is 15.5. The monoisotopic (exact) mass is 342 g/mol. The van der Waals surface area contributed by atoms with E-state index in [4.69, 9.17) is 27.9 Å². The van der Waals surface area contributed by atoms with Crippen molar-refractivity contribution in [1.82, 2.24) is 9.80 Å². The maximum atomic E-state index is 12.5. The average molecular weight is 343 g/mol. The van der Waals surface area contributed by atoms with Crippen LogP contribution in [0.4, 0.5) is 0 Å². The molecule has 2 aliphatic heterocycles. The molecule has 1 amide bonds. The van der Waals surface area contributed by atoms with E-state index in [2.05, 4.69) is 4.90 Å². The van der Waals surface area contributed by atoms with Crippen molar-refractivity contribution in [3.8, 4) is 0 Å². The molecule has 1 aromatic rings. The van der Waals surface area contributed by atoms with Gasteiger partial charge in [-0.3, -0.25) is 9.69 Å². The molecule has 4 nitrogen and oxygen atoms in total. The van der Waals surface area contributed by atoms with E-state index < -0.39 is 0 Å². The SMILES string of the molecule is O=C(c1cc(Cl)cc(Cl)c1)N1CCN(CC2CCCO2)CC1. The van der Waals surface area contributed by atoms with E-state index in [9.17, 15) is 4.79 Å². The molecule has 1 aromatic carbocycles. The molecular weight excluding hydrogens is 323 g/mol. The number of carbonyl (C=O) groups excluding carboxylic acids is 1. The molecule has 0 N–H and O–H groups in total. The van der Waals surface area contributed by atoms with Crippen LogP contribution < -0.4 is 0 Å². The zero-order valence-corrected chi connectivity index (χ0v) is 13.9. The predicted molar refractivity (Wildman–Crippen MR) is 87.8 cm³/mol. The Labute approximate surface area is 140 Å². The van der Waals surface area contributed by atoms with Crippen molar-refractivity contribution in [2.45, 2.75) is 18.9 Å². The van der Waals surface area contributed by atoms with Crippen molar-refractivity contribution < 1.29 is 9.53 Å². The third-order valence-electron chi connectivity index (χ3n) is 4.25. The standard InChI is InChI=1S/C16H20Cl2N2O2/c17-13-8-12(9-14(18)10-13)16(21)20-5-3-19(4-6-20)11-15-2-1-7-22-15/h8-10,15H,1-7,11H2. The number of rotatable bonds is 3. The molecule has 22 heavy (non-hydrogen) atoms. The van der Waals surface area contributed by atoms with Gasteiger partial charge in [-0.25, -0.2) is 0 Å².